The van der Waals surface area contributed by atoms with Gasteiger partial charge < -0.3 is 34.1 Å². The lowest BCUT2D eigenvalue weighted by Crippen LogP contribution is -2.59. The Morgan fingerprint density at radius 2 is 1.24 bits per heavy atom. The van der Waals surface area contributed by atoms with Crippen molar-refractivity contribution in [2.45, 2.75) is 126 Å². The maximum Gasteiger partial charge on any atom is 0.223 e. The highest BCUT2D eigenvalue weighted by atomic mass is 16.5. The first-order chi connectivity index (χ1) is 21.1. The fourth-order valence-corrected chi connectivity index (χ4v) is 3.90. The van der Waals surface area contributed by atoms with Gasteiger partial charge in [-0.25, -0.2) is 0 Å². The van der Waals surface area contributed by atoms with Crippen molar-refractivity contribution >= 4 is 23.3 Å². The van der Waals surface area contributed by atoms with Crippen molar-refractivity contribution in [2.24, 2.45) is 11.8 Å². The van der Waals surface area contributed by atoms with E-state index in [9.17, 15) is 19.2 Å². The molecule has 0 radical (unpaired) electrons. The van der Waals surface area contributed by atoms with E-state index in [2.05, 4.69) is 5.32 Å². The van der Waals surface area contributed by atoms with E-state index in [1.54, 1.807) is 0 Å². The normalized spacial score (nSPS) is 13.2. The van der Waals surface area contributed by atoms with Crippen molar-refractivity contribution in [3.8, 4) is 0 Å². The summed E-state index contributed by atoms with van der Waals surface area (Å²) in [6.45, 7) is 22.2. The largest absolute Gasteiger partial charge is 0.400 e. The molecule has 0 aliphatic rings. The zero-order chi connectivity index (χ0) is 35.5. The van der Waals surface area contributed by atoms with Crippen LogP contribution in [0.2, 0.25) is 0 Å². The maximum atomic E-state index is 13.2. The molecule has 1 amide bonds. The van der Waals surface area contributed by atoms with E-state index < -0.39 is 11.1 Å². The third-order valence-electron chi connectivity index (χ3n) is 6.16. The minimum Gasteiger partial charge on any atom is -0.400 e. The van der Waals surface area contributed by atoms with Gasteiger partial charge in [-0.2, -0.15) is 0 Å². The summed E-state index contributed by atoms with van der Waals surface area (Å²) in [6.07, 6.45) is 0.916. The van der Waals surface area contributed by atoms with E-state index in [1.807, 2.05) is 69.2 Å². The molecular formula is C34H67NO10. The van der Waals surface area contributed by atoms with Gasteiger partial charge in [0.1, 0.15) is 22.9 Å². The quantitative estimate of drug-likeness (QED) is 0.126. The van der Waals surface area contributed by atoms with Gasteiger partial charge in [-0.1, -0.05) is 41.5 Å². The molecule has 0 aromatic heterocycles. The molecule has 45 heavy (non-hydrogen) atoms. The van der Waals surface area contributed by atoms with Crippen molar-refractivity contribution in [1.82, 2.24) is 5.32 Å². The average Bonchev–Trinajstić information content (AvgIpc) is 2.96. The summed E-state index contributed by atoms with van der Waals surface area (Å²) in [6, 6.07) is 0. The van der Waals surface area contributed by atoms with Crippen LogP contribution in [0.25, 0.3) is 0 Å². The molecule has 0 spiro atoms. The molecule has 0 aliphatic carbocycles. The number of ether oxygens (including phenoxy) is 5. The number of aliphatic hydroxyl groups is 1. The number of amides is 1. The number of rotatable bonds is 26. The van der Waals surface area contributed by atoms with Crippen LogP contribution in [0.15, 0.2) is 0 Å². The summed E-state index contributed by atoms with van der Waals surface area (Å²) in [5.74, 6) is 0.0572. The number of aliphatic hydroxyl groups excluding tert-OH is 1. The van der Waals surface area contributed by atoms with E-state index in [-0.39, 0.29) is 107 Å². The van der Waals surface area contributed by atoms with Gasteiger partial charge in [-0.15, -0.1) is 0 Å². The summed E-state index contributed by atoms with van der Waals surface area (Å²) in [5, 5.41) is 10.0. The minimum atomic E-state index is -1.10. The SMILES string of the molecule is CC.CCOC(C)(C)COC(C)CC(=O)NC(COCCC(C)=O)(COCCC(=O)CC(C)C)COCCC(=O)C(C)C.CO. The topological polar surface area (TPSA) is 147 Å². The molecule has 0 heterocycles. The van der Waals surface area contributed by atoms with Crippen LogP contribution < -0.4 is 5.32 Å². The molecule has 0 aromatic rings. The predicted octanol–water partition coefficient (Wildman–Crippen LogP) is 4.74. The maximum absolute atomic E-state index is 13.2. The summed E-state index contributed by atoms with van der Waals surface area (Å²) < 4.78 is 29.1. The van der Waals surface area contributed by atoms with E-state index >= 15 is 0 Å². The van der Waals surface area contributed by atoms with Gasteiger partial charge in [-0.3, -0.25) is 19.2 Å². The fraction of sp³-hybridized carbons (Fsp3) is 0.882. The summed E-state index contributed by atoms with van der Waals surface area (Å²) >= 11 is 0. The van der Waals surface area contributed by atoms with Gasteiger partial charge >= 0.3 is 0 Å². The Balaban J connectivity index is -0.00000422. The second-order valence-electron chi connectivity index (χ2n) is 12.2. The highest BCUT2D eigenvalue weighted by molar-refractivity contribution is 5.80. The first-order valence-electron chi connectivity index (χ1n) is 16.4. The van der Waals surface area contributed by atoms with E-state index in [0.717, 1.165) is 7.11 Å². The molecule has 2 atom stereocenters. The van der Waals surface area contributed by atoms with Crippen LogP contribution in [0.4, 0.5) is 0 Å². The van der Waals surface area contributed by atoms with Crippen LogP contribution in [0.3, 0.4) is 0 Å². The Morgan fingerprint density at radius 3 is 1.69 bits per heavy atom. The van der Waals surface area contributed by atoms with Crippen LogP contribution in [-0.4, -0.2) is 106 Å². The molecule has 11 heteroatoms. The molecule has 268 valence electrons. The first-order valence-corrected chi connectivity index (χ1v) is 16.4. The van der Waals surface area contributed by atoms with Crippen molar-refractivity contribution < 1.29 is 48.0 Å². The minimum absolute atomic E-state index is 0.0102. The van der Waals surface area contributed by atoms with Crippen LogP contribution in [-0.2, 0) is 42.9 Å². The molecule has 0 saturated carbocycles. The Morgan fingerprint density at radius 1 is 0.756 bits per heavy atom. The smallest absolute Gasteiger partial charge is 0.223 e. The number of hydrogen-bond donors (Lipinski definition) is 2. The predicted molar refractivity (Wildman–Crippen MR) is 177 cm³/mol. The van der Waals surface area contributed by atoms with E-state index in [1.165, 1.54) is 6.92 Å². The Bertz CT molecular complexity index is 785. The number of carbonyl (C=O) groups is 4. The number of hydrogen-bond acceptors (Lipinski definition) is 10. The zero-order valence-corrected chi connectivity index (χ0v) is 30.5. The Hall–Kier alpha value is -1.76. The highest BCUT2D eigenvalue weighted by Crippen LogP contribution is 2.15. The molecule has 0 rings (SSSR count). The van der Waals surface area contributed by atoms with Gasteiger partial charge in [0.2, 0.25) is 5.91 Å². The number of carbonyl (C=O) groups excluding carboxylic acids is 4. The summed E-state index contributed by atoms with van der Waals surface area (Å²) in [5.41, 5.74) is -1.57. The van der Waals surface area contributed by atoms with Gasteiger partial charge in [0.25, 0.3) is 0 Å². The van der Waals surface area contributed by atoms with Crippen molar-refractivity contribution in [1.29, 1.82) is 0 Å². The van der Waals surface area contributed by atoms with Gasteiger partial charge in [0.15, 0.2) is 0 Å². The average molecular weight is 650 g/mol. The lowest BCUT2D eigenvalue weighted by molar-refractivity contribution is -0.134. The zero-order valence-electron chi connectivity index (χ0n) is 30.5. The van der Waals surface area contributed by atoms with Gasteiger partial charge in [0, 0.05) is 45.3 Å². The summed E-state index contributed by atoms with van der Waals surface area (Å²) in [4.78, 5) is 48.9. The molecule has 0 aromatic carbocycles. The lowest BCUT2D eigenvalue weighted by Gasteiger charge is -2.35. The molecule has 0 bridgehead atoms. The van der Waals surface area contributed by atoms with Gasteiger partial charge in [0.05, 0.1) is 64.4 Å². The molecule has 0 fully saturated rings. The fourth-order valence-electron chi connectivity index (χ4n) is 3.90. The molecule has 11 nitrogen and oxygen atoms in total. The second kappa shape index (κ2) is 28.5. The molecule has 0 saturated heterocycles. The third-order valence-corrected chi connectivity index (χ3v) is 6.16. The second-order valence-corrected chi connectivity index (χ2v) is 12.2. The Labute approximate surface area is 273 Å². The molecular weight excluding hydrogens is 582 g/mol. The van der Waals surface area contributed by atoms with Gasteiger partial charge in [-0.05, 0) is 40.5 Å². The van der Waals surface area contributed by atoms with E-state index in [0.29, 0.717) is 19.6 Å². The van der Waals surface area contributed by atoms with Crippen LogP contribution in [0.5, 0.6) is 0 Å². The van der Waals surface area contributed by atoms with Crippen LogP contribution in [0.1, 0.15) is 108 Å². The van der Waals surface area contributed by atoms with Crippen LogP contribution >= 0.6 is 0 Å². The molecule has 2 unspecified atom stereocenters. The lowest BCUT2D eigenvalue weighted by atomic mass is 10.0. The molecule has 2 N–H and O–H groups in total. The van der Waals surface area contributed by atoms with Crippen molar-refractivity contribution in [2.75, 3.05) is 60.0 Å². The highest BCUT2D eigenvalue weighted by Gasteiger charge is 2.34. The first kappa shape index (κ1) is 47.6. The monoisotopic (exact) mass is 649 g/mol. The Kier molecular flexibility index (Phi) is 30.1. The number of ketones is 3. The summed E-state index contributed by atoms with van der Waals surface area (Å²) in [7, 11) is 1.00. The standard InChI is InChI=1S/C31H57NO9.C2H6.CH4O/c1-10-41-30(8,9)19-40-26(7)18-29(36)32-31(20-37-14-11-25(6)33,22-39-16-13-28(35)24(4)5)21-38-15-12-27(34)17-23(2)3;2*1-2/h23-24,26H,10-22H2,1-9H3,(H,32,36);1-2H3;2H,1H3. The number of nitrogens with one attached hydrogen (secondary N) is 1. The van der Waals surface area contributed by atoms with Crippen molar-refractivity contribution in [3.05, 3.63) is 0 Å². The van der Waals surface area contributed by atoms with Crippen LogP contribution in [0, 0.1) is 11.8 Å². The number of Topliss-reactive ketones (excluding diaryl/α,β-unsaturated/α-hetero) is 3. The molecule has 0 aliphatic heterocycles. The van der Waals surface area contributed by atoms with E-state index in [4.69, 9.17) is 28.8 Å². The third kappa shape index (κ3) is 28.2. The van der Waals surface area contributed by atoms with Crippen molar-refractivity contribution in [3.63, 3.8) is 0 Å².